The van der Waals surface area contributed by atoms with Gasteiger partial charge in [-0.25, -0.2) is 0 Å². The average Bonchev–Trinajstić information content (AvgIpc) is 2.71. The van der Waals surface area contributed by atoms with Gasteiger partial charge in [0, 0.05) is 0 Å². The lowest BCUT2D eigenvalue weighted by molar-refractivity contribution is 0.104. The van der Waals surface area contributed by atoms with E-state index < -0.39 is 0 Å². The van der Waals surface area contributed by atoms with Crippen molar-refractivity contribution < 1.29 is 4.79 Å². The minimum absolute atomic E-state index is 0.0944. The Morgan fingerprint density at radius 3 is 2.47 bits per heavy atom. The molecule has 0 saturated carbocycles. The second-order valence-corrected chi connectivity index (χ2v) is 5.92. The van der Waals surface area contributed by atoms with Crippen molar-refractivity contribution in [2.75, 3.05) is 0 Å². The van der Waals surface area contributed by atoms with Gasteiger partial charge < -0.3 is 0 Å². The van der Waals surface area contributed by atoms with Crippen LogP contribution in [-0.2, 0) is 0 Å². The number of carbonyl (C=O) groups is 1. The summed E-state index contributed by atoms with van der Waals surface area (Å²) in [7, 11) is 0. The summed E-state index contributed by atoms with van der Waals surface area (Å²) in [5.74, 6) is 0.0944. The van der Waals surface area contributed by atoms with Crippen molar-refractivity contribution in [3.63, 3.8) is 0 Å². The van der Waals surface area contributed by atoms with Crippen LogP contribution in [0.15, 0.2) is 17.5 Å². The number of carbonyl (C=O) groups excluding carboxylic acids is 1. The Hall–Kier alpha value is -0.640. The van der Waals surface area contributed by atoms with E-state index in [4.69, 9.17) is 11.6 Å². The second-order valence-electron chi connectivity index (χ2n) is 3.32. The van der Waals surface area contributed by atoms with Crippen LogP contribution in [0.5, 0.6) is 0 Å². The number of hydrogen-bond donors (Lipinski definition) is 0. The molecule has 0 unspecified atom stereocenters. The third-order valence-corrected chi connectivity index (χ3v) is 4.54. The molecular formula is C11H9ClOS2. The summed E-state index contributed by atoms with van der Waals surface area (Å²) in [5, 5.41) is 1.94. The summed E-state index contributed by atoms with van der Waals surface area (Å²) in [4.78, 5) is 13.7. The number of thiophene rings is 2. The first-order valence-electron chi connectivity index (χ1n) is 4.44. The van der Waals surface area contributed by atoms with Crippen molar-refractivity contribution in [2.24, 2.45) is 0 Å². The summed E-state index contributed by atoms with van der Waals surface area (Å²) < 4.78 is 0.671. The Morgan fingerprint density at radius 1 is 1.27 bits per heavy atom. The highest BCUT2D eigenvalue weighted by Crippen LogP contribution is 2.30. The maximum absolute atomic E-state index is 12.1. The van der Waals surface area contributed by atoms with Crippen LogP contribution in [0, 0.1) is 13.8 Å². The number of aryl methyl sites for hydroxylation is 2. The van der Waals surface area contributed by atoms with Crippen molar-refractivity contribution in [3.8, 4) is 0 Å². The zero-order chi connectivity index (χ0) is 11.0. The van der Waals surface area contributed by atoms with Gasteiger partial charge in [0.15, 0.2) is 0 Å². The minimum atomic E-state index is 0.0944. The SMILES string of the molecule is Cc1ccsc1C(=O)c1sc(Cl)cc1C. The molecule has 0 radical (unpaired) electrons. The lowest BCUT2D eigenvalue weighted by Crippen LogP contribution is -1.98. The van der Waals surface area contributed by atoms with E-state index in [1.807, 2.05) is 31.4 Å². The molecule has 15 heavy (non-hydrogen) atoms. The Kier molecular flexibility index (Phi) is 2.96. The molecule has 2 aromatic heterocycles. The van der Waals surface area contributed by atoms with Crippen LogP contribution in [0.2, 0.25) is 4.34 Å². The molecule has 0 N–H and O–H groups in total. The minimum Gasteiger partial charge on any atom is -0.287 e. The van der Waals surface area contributed by atoms with E-state index >= 15 is 0 Å². The zero-order valence-corrected chi connectivity index (χ0v) is 10.7. The van der Waals surface area contributed by atoms with Crippen molar-refractivity contribution in [1.82, 2.24) is 0 Å². The van der Waals surface area contributed by atoms with E-state index in [0.717, 1.165) is 20.9 Å². The second kappa shape index (κ2) is 4.08. The first-order chi connectivity index (χ1) is 7.09. The number of ketones is 1. The molecule has 0 fully saturated rings. The quantitative estimate of drug-likeness (QED) is 0.732. The third-order valence-electron chi connectivity index (χ3n) is 2.16. The van der Waals surface area contributed by atoms with Gasteiger partial charge in [0.2, 0.25) is 5.78 Å². The summed E-state index contributed by atoms with van der Waals surface area (Å²) >= 11 is 8.72. The van der Waals surface area contributed by atoms with E-state index in [9.17, 15) is 4.79 Å². The summed E-state index contributed by atoms with van der Waals surface area (Å²) in [5.41, 5.74) is 2.00. The maximum Gasteiger partial charge on any atom is 0.213 e. The van der Waals surface area contributed by atoms with E-state index in [1.54, 1.807) is 0 Å². The molecule has 0 aliphatic carbocycles. The number of halogens is 1. The Balaban J connectivity index is 2.45. The molecule has 2 aromatic rings. The summed E-state index contributed by atoms with van der Waals surface area (Å²) in [6.07, 6.45) is 0. The van der Waals surface area contributed by atoms with Crippen LogP contribution in [0.3, 0.4) is 0 Å². The van der Waals surface area contributed by atoms with Gasteiger partial charge in [0.1, 0.15) is 0 Å². The van der Waals surface area contributed by atoms with Crippen LogP contribution >= 0.6 is 34.3 Å². The average molecular weight is 257 g/mol. The molecule has 0 aliphatic heterocycles. The van der Waals surface area contributed by atoms with Gasteiger partial charge in [0.05, 0.1) is 14.1 Å². The Labute approximate surface area is 101 Å². The summed E-state index contributed by atoms with van der Waals surface area (Å²) in [6.45, 7) is 3.87. The van der Waals surface area contributed by atoms with Crippen LogP contribution in [-0.4, -0.2) is 5.78 Å². The van der Waals surface area contributed by atoms with Crippen molar-refractivity contribution in [2.45, 2.75) is 13.8 Å². The molecule has 1 nitrogen and oxygen atoms in total. The Morgan fingerprint density at radius 2 is 2.00 bits per heavy atom. The lowest BCUT2D eigenvalue weighted by atomic mass is 10.1. The van der Waals surface area contributed by atoms with Gasteiger partial charge in [-0.1, -0.05) is 11.6 Å². The molecule has 4 heteroatoms. The van der Waals surface area contributed by atoms with Crippen LogP contribution in [0.4, 0.5) is 0 Å². The fourth-order valence-corrected chi connectivity index (χ4v) is 3.55. The maximum atomic E-state index is 12.1. The van der Waals surface area contributed by atoms with Crippen molar-refractivity contribution >= 4 is 40.1 Å². The molecule has 2 rings (SSSR count). The largest absolute Gasteiger partial charge is 0.287 e. The van der Waals surface area contributed by atoms with Gasteiger partial charge in [0.25, 0.3) is 0 Å². The van der Waals surface area contributed by atoms with Crippen LogP contribution in [0.1, 0.15) is 25.7 Å². The van der Waals surface area contributed by atoms with Crippen molar-refractivity contribution in [3.05, 3.63) is 42.7 Å². The highest BCUT2D eigenvalue weighted by Gasteiger charge is 2.17. The van der Waals surface area contributed by atoms with Gasteiger partial charge in [-0.15, -0.1) is 22.7 Å². The molecule has 0 aliphatic rings. The fraction of sp³-hybridized carbons (Fsp3) is 0.182. The van der Waals surface area contributed by atoms with E-state index in [-0.39, 0.29) is 5.78 Å². The van der Waals surface area contributed by atoms with Gasteiger partial charge in [-0.3, -0.25) is 4.79 Å². The van der Waals surface area contributed by atoms with Gasteiger partial charge >= 0.3 is 0 Å². The first kappa shape index (κ1) is 10.9. The van der Waals surface area contributed by atoms with Crippen molar-refractivity contribution in [1.29, 1.82) is 0 Å². The highest BCUT2D eigenvalue weighted by molar-refractivity contribution is 7.19. The normalized spacial score (nSPS) is 10.6. The standard InChI is InChI=1S/C11H9ClOS2/c1-6-3-4-14-10(6)9(13)11-7(2)5-8(12)15-11/h3-5H,1-2H3. The molecule has 0 spiro atoms. The van der Waals surface area contributed by atoms with E-state index in [0.29, 0.717) is 4.34 Å². The Bertz CT molecular complexity index is 510. The molecule has 0 aromatic carbocycles. The molecule has 0 atom stereocenters. The highest BCUT2D eigenvalue weighted by atomic mass is 35.5. The number of hydrogen-bond acceptors (Lipinski definition) is 3. The smallest absolute Gasteiger partial charge is 0.213 e. The predicted molar refractivity (Wildman–Crippen MR) is 66.6 cm³/mol. The zero-order valence-electron chi connectivity index (χ0n) is 8.33. The molecular weight excluding hydrogens is 248 g/mol. The third kappa shape index (κ3) is 2.00. The number of rotatable bonds is 2. The van der Waals surface area contributed by atoms with Gasteiger partial charge in [-0.2, -0.15) is 0 Å². The van der Waals surface area contributed by atoms with Crippen LogP contribution in [0.25, 0.3) is 0 Å². The monoisotopic (exact) mass is 256 g/mol. The fourth-order valence-electron chi connectivity index (χ4n) is 1.38. The molecule has 78 valence electrons. The molecule has 0 amide bonds. The van der Waals surface area contributed by atoms with E-state index in [1.165, 1.54) is 22.7 Å². The van der Waals surface area contributed by atoms with Crippen LogP contribution < -0.4 is 0 Å². The first-order valence-corrected chi connectivity index (χ1v) is 6.51. The van der Waals surface area contributed by atoms with E-state index in [2.05, 4.69) is 0 Å². The molecule has 0 bridgehead atoms. The molecule has 0 saturated heterocycles. The molecule has 2 heterocycles. The topological polar surface area (TPSA) is 17.1 Å². The lowest BCUT2D eigenvalue weighted by Gasteiger charge is -1.97. The predicted octanol–water partition coefficient (Wildman–Crippen LogP) is 4.31. The van der Waals surface area contributed by atoms with Gasteiger partial charge in [-0.05, 0) is 42.5 Å². The summed E-state index contributed by atoms with van der Waals surface area (Å²) in [6, 6.07) is 3.80.